The van der Waals surface area contributed by atoms with Crippen LogP contribution in [0.1, 0.15) is 11.1 Å². The summed E-state index contributed by atoms with van der Waals surface area (Å²) in [4.78, 5) is 7.72. The van der Waals surface area contributed by atoms with E-state index in [1.807, 2.05) is 0 Å². The van der Waals surface area contributed by atoms with E-state index in [-0.39, 0.29) is 11.3 Å². The van der Waals surface area contributed by atoms with Gasteiger partial charge in [0.25, 0.3) is 0 Å². The van der Waals surface area contributed by atoms with Crippen LogP contribution in [0.3, 0.4) is 0 Å². The van der Waals surface area contributed by atoms with Crippen LogP contribution >= 0.6 is 15.9 Å². The molecular weight excluding hydrogens is 337 g/mol. The lowest BCUT2D eigenvalue weighted by Crippen LogP contribution is -2.06. The lowest BCUT2D eigenvalue weighted by Gasteiger charge is -2.11. The number of aromatic nitrogens is 2. The standard InChI is InChI=1S/C12H6BrF3N4/c13-10-4-11(19-6-18-10)20-9-2-1-8(12(14,15)16)3-7(9)5-17/h1-4,6H,(H,18,19,20). The lowest BCUT2D eigenvalue weighted by atomic mass is 10.1. The molecule has 2 aromatic rings. The maximum atomic E-state index is 12.6. The summed E-state index contributed by atoms with van der Waals surface area (Å²) in [6.45, 7) is 0. The van der Waals surface area contributed by atoms with Crippen LogP contribution in [-0.2, 0) is 6.18 Å². The number of anilines is 2. The quantitative estimate of drug-likeness (QED) is 0.841. The Balaban J connectivity index is 2.36. The summed E-state index contributed by atoms with van der Waals surface area (Å²) in [6, 6.07) is 6.15. The zero-order valence-corrected chi connectivity index (χ0v) is 11.3. The number of rotatable bonds is 2. The van der Waals surface area contributed by atoms with Gasteiger partial charge in [-0.2, -0.15) is 18.4 Å². The second-order valence-corrected chi connectivity index (χ2v) is 4.53. The molecule has 1 heterocycles. The molecule has 0 aliphatic heterocycles. The molecule has 0 unspecified atom stereocenters. The van der Waals surface area contributed by atoms with Gasteiger partial charge >= 0.3 is 6.18 Å². The summed E-state index contributed by atoms with van der Waals surface area (Å²) in [6.07, 6.45) is -3.20. The van der Waals surface area contributed by atoms with Crippen molar-refractivity contribution >= 4 is 27.4 Å². The smallest absolute Gasteiger partial charge is 0.339 e. The SMILES string of the molecule is N#Cc1cc(C(F)(F)F)ccc1Nc1cc(Br)ncn1. The molecular formula is C12H6BrF3N4. The minimum atomic E-state index is -4.48. The molecule has 0 aliphatic rings. The molecule has 0 radical (unpaired) electrons. The van der Waals surface area contributed by atoms with E-state index in [2.05, 4.69) is 31.2 Å². The van der Waals surface area contributed by atoms with E-state index < -0.39 is 11.7 Å². The van der Waals surface area contributed by atoms with Crippen LogP contribution < -0.4 is 5.32 Å². The van der Waals surface area contributed by atoms with Gasteiger partial charge in [-0.1, -0.05) is 0 Å². The highest BCUT2D eigenvalue weighted by Gasteiger charge is 2.31. The molecule has 1 aromatic carbocycles. The number of hydrogen-bond acceptors (Lipinski definition) is 4. The van der Waals surface area contributed by atoms with E-state index in [1.54, 1.807) is 12.1 Å². The minimum Gasteiger partial charge on any atom is -0.339 e. The molecule has 0 amide bonds. The van der Waals surface area contributed by atoms with Gasteiger partial charge in [-0.25, -0.2) is 9.97 Å². The molecule has 2 rings (SSSR count). The summed E-state index contributed by atoms with van der Waals surface area (Å²) >= 11 is 3.14. The third kappa shape index (κ3) is 3.24. The number of alkyl halides is 3. The predicted octanol–water partition coefficient (Wildman–Crippen LogP) is 3.87. The number of nitrogens with zero attached hydrogens (tertiary/aromatic N) is 3. The Kier molecular flexibility index (Phi) is 3.90. The van der Waals surface area contributed by atoms with Crippen LogP contribution in [-0.4, -0.2) is 9.97 Å². The van der Waals surface area contributed by atoms with Crippen molar-refractivity contribution in [2.75, 3.05) is 5.32 Å². The predicted molar refractivity (Wildman–Crippen MR) is 69.2 cm³/mol. The van der Waals surface area contributed by atoms with E-state index in [9.17, 15) is 13.2 Å². The zero-order valence-electron chi connectivity index (χ0n) is 9.74. The third-order valence-electron chi connectivity index (χ3n) is 2.36. The highest BCUT2D eigenvalue weighted by Crippen LogP contribution is 2.32. The summed E-state index contributed by atoms with van der Waals surface area (Å²) in [5.41, 5.74) is -0.746. The Labute approximate surface area is 120 Å². The van der Waals surface area contributed by atoms with Crippen molar-refractivity contribution in [3.05, 3.63) is 46.3 Å². The van der Waals surface area contributed by atoms with E-state index in [4.69, 9.17) is 5.26 Å². The van der Waals surface area contributed by atoms with Crippen LogP contribution in [0.2, 0.25) is 0 Å². The first-order valence-corrected chi connectivity index (χ1v) is 6.05. The van der Waals surface area contributed by atoms with Crippen LogP contribution in [0.5, 0.6) is 0 Å². The van der Waals surface area contributed by atoms with E-state index in [1.165, 1.54) is 12.4 Å². The summed E-state index contributed by atoms with van der Waals surface area (Å²) in [5.74, 6) is 0.364. The topological polar surface area (TPSA) is 61.6 Å². The molecule has 0 fully saturated rings. The number of nitriles is 1. The van der Waals surface area contributed by atoms with Gasteiger partial charge in [-0.3, -0.25) is 0 Å². The summed E-state index contributed by atoms with van der Waals surface area (Å²) in [5, 5.41) is 11.7. The second kappa shape index (κ2) is 5.46. The molecule has 0 aliphatic carbocycles. The Morgan fingerprint density at radius 1 is 1.20 bits per heavy atom. The van der Waals surface area contributed by atoms with E-state index in [0.717, 1.165) is 12.1 Å². The molecule has 1 aromatic heterocycles. The summed E-state index contributed by atoms with van der Waals surface area (Å²) in [7, 11) is 0. The van der Waals surface area contributed by atoms with Gasteiger partial charge in [0, 0.05) is 6.07 Å². The maximum Gasteiger partial charge on any atom is 0.416 e. The molecule has 8 heteroatoms. The van der Waals surface area contributed by atoms with E-state index >= 15 is 0 Å². The highest BCUT2D eigenvalue weighted by atomic mass is 79.9. The maximum absolute atomic E-state index is 12.6. The number of halogens is 4. The van der Waals surface area contributed by atoms with Gasteiger partial charge in [-0.15, -0.1) is 0 Å². The Hall–Kier alpha value is -2.14. The average molecular weight is 343 g/mol. The molecule has 20 heavy (non-hydrogen) atoms. The van der Waals surface area contributed by atoms with Gasteiger partial charge in [0.2, 0.25) is 0 Å². The molecule has 0 spiro atoms. The molecule has 0 bridgehead atoms. The van der Waals surface area contributed by atoms with Crippen LogP contribution in [0.25, 0.3) is 0 Å². The molecule has 4 nitrogen and oxygen atoms in total. The first-order valence-electron chi connectivity index (χ1n) is 5.26. The fourth-order valence-corrected chi connectivity index (χ4v) is 1.77. The van der Waals surface area contributed by atoms with Crippen molar-refractivity contribution in [2.45, 2.75) is 6.18 Å². The van der Waals surface area contributed by atoms with Crippen molar-refractivity contribution in [3.8, 4) is 6.07 Å². The zero-order chi connectivity index (χ0) is 14.8. The van der Waals surface area contributed by atoms with Crippen LogP contribution in [0.15, 0.2) is 35.2 Å². The van der Waals surface area contributed by atoms with Crippen LogP contribution in [0, 0.1) is 11.3 Å². The lowest BCUT2D eigenvalue weighted by molar-refractivity contribution is -0.137. The van der Waals surface area contributed by atoms with Gasteiger partial charge in [0.1, 0.15) is 22.8 Å². The normalized spacial score (nSPS) is 10.9. The Morgan fingerprint density at radius 2 is 1.95 bits per heavy atom. The number of hydrogen-bond donors (Lipinski definition) is 1. The third-order valence-corrected chi connectivity index (χ3v) is 2.80. The first kappa shape index (κ1) is 14.3. The Morgan fingerprint density at radius 3 is 2.55 bits per heavy atom. The fraction of sp³-hybridized carbons (Fsp3) is 0.0833. The molecule has 102 valence electrons. The van der Waals surface area contributed by atoms with Crippen molar-refractivity contribution in [1.29, 1.82) is 5.26 Å². The highest BCUT2D eigenvalue weighted by molar-refractivity contribution is 9.10. The van der Waals surface area contributed by atoms with Crippen molar-refractivity contribution in [2.24, 2.45) is 0 Å². The van der Waals surface area contributed by atoms with Crippen molar-refractivity contribution < 1.29 is 13.2 Å². The van der Waals surface area contributed by atoms with Gasteiger partial charge < -0.3 is 5.32 Å². The van der Waals surface area contributed by atoms with Gasteiger partial charge in [0.15, 0.2) is 0 Å². The number of nitrogens with one attached hydrogen (secondary N) is 1. The molecule has 0 saturated carbocycles. The fourth-order valence-electron chi connectivity index (χ4n) is 1.46. The monoisotopic (exact) mass is 342 g/mol. The summed E-state index contributed by atoms with van der Waals surface area (Å²) < 4.78 is 38.2. The van der Waals surface area contributed by atoms with Crippen molar-refractivity contribution in [1.82, 2.24) is 9.97 Å². The van der Waals surface area contributed by atoms with Gasteiger partial charge in [-0.05, 0) is 34.1 Å². The average Bonchev–Trinajstić information content (AvgIpc) is 2.38. The van der Waals surface area contributed by atoms with Crippen molar-refractivity contribution in [3.63, 3.8) is 0 Å². The van der Waals surface area contributed by atoms with Gasteiger partial charge in [0.05, 0.1) is 16.8 Å². The Bertz CT molecular complexity index is 679. The van der Waals surface area contributed by atoms with Crippen LogP contribution in [0.4, 0.5) is 24.7 Å². The largest absolute Gasteiger partial charge is 0.416 e. The minimum absolute atomic E-state index is 0.116. The number of benzene rings is 1. The molecule has 0 atom stereocenters. The molecule has 0 saturated heterocycles. The molecule has 1 N–H and O–H groups in total. The first-order chi connectivity index (χ1) is 9.40. The van der Waals surface area contributed by atoms with E-state index in [0.29, 0.717) is 10.4 Å². The second-order valence-electron chi connectivity index (χ2n) is 3.72.